The molecule has 0 bridgehead atoms. The summed E-state index contributed by atoms with van der Waals surface area (Å²) in [7, 11) is 0. The molecule has 0 atom stereocenters. The second-order valence-corrected chi connectivity index (χ2v) is 23.9. The average Bonchev–Trinajstić information content (AvgIpc) is 1.61. The van der Waals surface area contributed by atoms with Crippen LogP contribution in [0.4, 0.5) is 0 Å². The second-order valence-electron chi connectivity index (χ2n) is 23.9. The van der Waals surface area contributed by atoms with Gasteiger partial charge < -0.3 is 9.13 Å². The van der Waals surface area contributed by atoms with Crippen molar-refractivity contribution in [1.82, 2.24) is 28.7 Å². The summed E-state index contributed by atoms with van der Waals surface area (Å²) in [5, 5.41) is 6.79. The SMILES string of the molecule is c1ccc(-c2ccc3c(c2)c2cc(-c4ccccc4)ccc2n3-c2nc(-c3ccccc3-n3c4ccc(-c5ccccc5)cc4c4cc(-c5ccccc5)ccc43)nc(-c3ccccc3-n3c4ccc(-c5ccccc5)cc4c4cc(-c5ccccc5)ccc43)n2)cc1. The van der Waals surface area contributed by atoms with Gasteiger partial charge in [0.1, 0.15) is 0 Å². The van der Waals surface area contributed by atoms with Gasteiger partial charge in [0.2, 0.25) is 5.95 Å². The Morgan fingerprint density at radius 3 is 0.634 bits per heavy atom. The normalized spacial score (nSPS) is 11.7. The Kier molecular flexibility index (Phi) is 12.8. The smallest absolute Gasteiger partial charge is 0.238 e. The van der Waals surface area contributed by atoms with Gasteiger partial charge in [0.25, 0.3) is 0 Å². The van der Waals surface area contributed by atoms with E-state index in [2.05, 4.69) is 353 Å². The summed E-state index contributed by atoms with van der Waals surface area (Å²) in [5.41, 5.74) is 23.7. The van der Waals surface area contributed by atoms with E-state index in [-0.39, 0.29) is 0 Å². The summed E-state index contributed by atoms with van der Waals surface area (Å²) in [6.07, 6.45) is 0. The Bertz CT molecular complexity index is 5340. The largest absolute Gasteiger partial charge is 0.309 e. The van der Waals surface area contributed by atoms with Gasteiger partial charge in [0, 0.05) is 43.4 Å². The lowest BCUT2D eigenvalue weighted by Crippen LogP contribution is -2.09. The number of aromatic nitrogens is 6. The van der Waals surface area contributed by atoms with Crippen molar-refractivity contribution in [2.45, 2.75) is 0 Å². The molecule has 0 spiro atoms. The molecule has 4 heterocycles. The molecule has 0 aliphatic heterocycles. The van der Waals surface area contributed by atoms with Crippen LogP contribution < -0.4 is 0 Å². The number of rotatable bonds is 11. The van der Waals surface area contributed by atoms with Crippen LogP contribution >= 0.6 is 0 Å². The fourth-order valence-corrected chi connectivity index (χ4v) is 14.1. The number of para-hydroxylation sites is 2. The summed E-state index contributed by atoms with van der Waals surface area (Å²) in [6.45, 7) is 0. The zero-order valence-electron chi connectivity index (χ0n) is 50.5. The fraction of sp³-hybridized carbons (Fsp3) is 0. The third-order valence-corrected chi connectivity index (χ3v) is 18.5. The van der Waals surface area contributed by atoms with Gasteiger partial charge in [-0.25, -0.2) is 4.98 Å². The van der Waals surface area contributed by atoms with Crippen LogP contribution in [0.15, 0.2) is 340 Å². The van der Waals surface area contributed by atoms with Crippen LogP contribution in [0.1, 0.15) is 0 Å². The van der Waals surface area contributed by atoms with Crippen LogP contribution in [-0.2, 0) is 0 Å². The first-order valence-electron chi connectivity index (χ1n) is 31.7. The number of hydrogen-bond donors (Lipinski definition) is 0. The van der Waals surface area contributed by atoms with Crippen LogP contribution in [0.5, 0.6) is 0 Å². The third-order valence-electron chi connectivity index (χ3n) is 18.5. The van der Waals surface area contributed by atoms with Gasteiger partial charge in [0.15, 0.2) is 11.6 Å². The molecule has 18 aromatic rings. The maximum atomic E-state index is 5.77. The predicted octanol–water partition coefficient (Wildman–Crippen LogP) is 22.5. The Labute approximate surface area is 537 Å². The van der Waals surface area contributed by atoms with Crippen molar-refractivity contribution in [2.24, 2.45) is 0 Å². The van der Waals surface area contributed by atoms with E-state index in [0.29, 0.717) is 17.6 Å². The van der Waals surface area contributed by atoms with Crippen LogP contribution in [0.2, 0.25) is 0 Å². The molecule has 18 rings (SSSR count). The Morgan fingerprint density at radius 2 is 0.387 bits per heavy atom. The zero-order valence-corrected chi connectivity index (χ0v) is 50.5. The molecule has 6 heteroatoms. The predicted molar refractivity (Wildman–Crippen MR) is 386 cm³/mol. The number of fused-ring (bicyclic) bond motifs is 9. The zero-order chi connectivity index (χ0) is 61.3. The summed E-state index contributed by atoms with van der Waals surface area (Å²) in [5.74, 6) is 1.58. The molecule has 14 aromatic carbocycles. The number of benzene rings is 14. The monoisotopic (exact) mass is 1180 g/mol. The van der Waals surface area contributed by atoms with Gasteiger partial charge in [0.05, 0.1) is 44.5 Å². The maximum absolute atomic E-state index is 5.77. The molecule has 0 N–H and O–H groups in total. The van der Waals surface area contributed by atoms with E-state index in [1.165, 1.54) is 0 Å². The number of hydrogen-bond acceptors (Lipinski definition) is 3. The Hall–Kier alpha value is -12.5. The highest BCUT2D eigenvalue weighted by molar-refractivity contribution is 6.15. The quantitative estimate of drug-likeness (QED) is 0.130. The second kappa shape index (κ2) is 22.2. The molecule has 0 aliphatic rings. The molecule has 93 heavy (non-hydrogen) atoms. The minimum absolute atomic E-state index is 0.504. The highest BCUT2D eigenvalue weighted by atomic mass is 15.2. The number of nitrogens with zero attached hydrogens (tertiary/aromatic N) is 6. The van der Waals surface area contributed by atoms with E-state index < -0.39 is 0 Å². The molecule has 0 fully saturated rings. The first-order chi connectivity index (χ1) is 46.1. The maximum Gasteiger partial charge on any atom is 0.238 e. The molecule has 0 saturated heterocycles. The van der Waals surface area contributed by atoms with Crippen LogP contribution in [0, 0.1) is 0 Å². The molecular weight excluding hydrogens is 1130 g/mol. The topological polar surface area (TPSA) is 53.5 Å². The molecule has 6 nitrogen and oxygen atoms in total. The van der Waals surface area contributed by atoms with Gasteiger partial charge in [-0.2, -0.15) is 9.97 Å². The molecular formula is C87H56N6. The van der Waals surface area contributed by atoms with E-state index >= 15 is 0 Å². The highest BCUT2D eigenvalue weighted by Crippen LogP contribution is 2.44. The van der Waals surface area contributed by atoms with Crippen molar-refractivity contribution in [3.63, 3.8) is 0 Å². The Morgan fingerprint density at radius 1 is 0.172 bits per heavy atom. The van der Waals surface area contributed by atoms with Crippen molar-refractivity contribution in [3.8, 4) is 107 Å². The van der Waals surface area contributed by atoms with E-state index in [9.17, 15) is 0 Å². The molecule has 0 radical (unpaired) electrons. The van der Waals surface area contributed by atoms with Crippen molar-refractivity contribution < 1.29 is 0 Å². The summed E-state index contributed by atoms with van der Waals surface area (Å²) < 4.78 is 7.06. The van der Waals surface area contributed by atoms with Gasteiger partial charge >= 0.3 is 0 Å². The minimum Gasteiger partial charge on any atom is -0.309 e. The molecule has 0 unspecified atom stereocenters. The van der Waals surface area contributed by atoms with E-state index in [1.807, 2.05) is 0 Å². The lowest BCUT2D eigenvalue weighted by atomic mass is 10.0. The molecule has 0 amide bonds. The van der Waals surface area contributed by atoms with Crippen LogP contribution in [0.25, 0.3) is 172 Å². The first kappa shape index (κ1) is 53.5. The van der Waals surface area contributed by atoms with Crippen LogP contribution in [0.3, 0.4) is 0 Å². The Balaban J connectivity index is 0.906. The first-order valence-corrected chi connectivity index (χ1v) is 31.7. The minimum atomic E-state index is 0.504. The van der Waals surface area contributed by atoms with Gasteiger partial charge in [-0.3, -0.25) is 4.57 Å². The molecule has 434 valence electrons. The lowest BCUT2D eigenvalue weighted by molar-refractivity contribution is 0.950. The van der Waals surface area contributed by atoms with E-state index in [0.717, 1.165) is 155 Å². The van der Waals surface area contributed by atoms with Gasteiger partial charge in [-0.15, -0.1) is 0 Å². The van der Waals surface area contributed by atoms with E-state index in [1.54, 1.807) is 0 Å². The molecule has 0 aliphatic carbocycles. The summed E-state index contributed by atoms with van der Waals surface area (Å²) in [4.78, 5) is 17.3. The van der Waals surface area contributed by atoms with Crippen LogP contribution in [-0.4, -0.2) is 28.7 Å². The standard InChI is InChI=1S/C87H56N6/c1-7-23-57(24-8-1)63-39-45-79-71(51-63)72-52-64(58-25-9-2-10-26-58)40-46-80(72)91(79)77-37-21-19-35-69(77)85-88-86(90-87(89-85)93-83-49-43-67(61-31-15-5-16-32-61)55-75(83)76-56-68(44-50-84(76)93)62-33-17-6-18-34-62)70-36-20-22-38-78(70)92-81-47-41-65(59-27-11-3-12-28-59)53-73(81)74-54-66(42-48-82(74)92)60-29-13-4-14-30-60/h1-56H. The molecule has 4 aromatic heterocycles. The summed E-state index contributed by atoms with van der Waals surface area (Å²) in [6, 6.07) is 122. The van der Waals surface area contributed by atoms with Gasteiger partial charge in [-0.1, -0.05) is 243 Å². The summed E-state index contributed by atoms with van der Waals surface area (Å²) >= 11 is 0. The lowest BCUT2D eigenvalue weighted by Gasteiger charge is -2.17. The van der Waals surface area contributed by atoms with Crippen molar-refractivity contribution in [2.75, 3.05) is 0 Å². The van der Waals surface area contributed by atoms with E-state index in [4.69, 9.17) is 15.0 Å². The van der Waals surface area contributed by atoms with Crippen molar-refractivity contribution >= 4 is 65.4 Å². The third kappa shape index (κ3) is 9.22. The fourth-order valence-electron chi connectivity index (χ4n) is 14.1. The highest BCUT2D eigenvalue weighted by Gasteiger charge is 2.25. The van der Waals surface area contributed by atoms with Crippen molar-refractivity contribution in [3.05, 3.63) is 340 Å². The molecule has 0 saturated carbocycles. The van der Waals surface area contributed by atoms with Gasteiger partial charge in [-0.05, 0) is 164 Å². The van der Waals surface area contributed by atoms with Crippen molar-refractivity contribution in [1.29, 1.82) is 0 Å². The average molecular weight is 1190 g/mol.